The Morgan fingerprint density at radius 2 is 0.975 bits per heavy atom. The normalized spacial score (nSPS) is 11.3. The van der Waals surface area contributed by atoms with E-state index in [0.29, 0.717) is 22.8 Å². The molecule has 2 aromatic carbocycles. The average Bonchev–Trinajstić information content (AvgIpc) is 3.43. The highest BCUT2D eigenvalue weighted by Crippen LogP contribution is 2.21. The number of aromatic nitrogens is 2. The van der Waals surface area contributed by atoms with Gasteiger partial charge in [0.25, 0.3) is 0 Å². The maximum absolute atomic E-state index is 12.6. The maximum atomic E-state index is 12.6. The second-order valence-corrected chi connectivity index (χ2v) is 9.52. The number of ketones is 1. The zero-order valence-electron chi connectivity index (χ0n) is 23.0. The van der Waals surface area contributed by atoms with Gasteiger partial charge in [0.05, 0.1) is 0 Å². The van der Waals surface area contributed by atoms with Crippen LogP contribution in [0.3, 0.4) is 0 Å². The molecule has 0 aliphatic rings. The molecule has 0 amide bonds. The fourth-order valence-electron chi connectivity index (χ4n) is 4.14. The number of carbonyl (C=O) groups is 3. The largest absolute Gasteiger partial charge is 0.456 e. The third-order valence-electron chi connectivity index (χ3n) is 6.86. The molecule has 40 heavy (non-hydrogen) atoms. The molecule has 0 bridgehead atoms. The quantitative estimate of drug-likeness (QED) is 0.176. The van der Waals surface area contributed by atoms with Crippen molar-refractivity contribution in [2.45, 2.75) is 40.9 Å². The topological polar surface area (TPSA) is 101 Å². The Hall–Kier alpha value is -4.91. The summed E-state index contributed by atoms with van der Waals surface area (Å²) in [6.45, 7) is 7.78. The van der Waals surface area contributed by atoms with Crippen LogP contribution in [-0.4, -0.2) is 27.7 Å². The van der Waals surface area contributed by atoms with Crippen molar-refractivity contribution < 1.29 is 23.9 Å². The third-order valence-corrected chi connectivity index (χ3v) is 6.86. The van der Waals surface area contributed by atoms with Crippen LogP contribution in [-0.2, 0) is 27.5 Å². The summed E-state index contributed by atoms with van der Waals surface area (Å²) in [5.41, 5.74) is 7.08. The Morgan fingerprint density at radius 3 is 1.35 bits per heavy atom. The fraction of sp³-hybridized carbons (Fsp3) is 0.182. The molecule has 7 nitrogen and oxygen atoms in total. The summed E-state index contributed by atoms with van der Waals surface area (Å²) in [6, 6.07) is 18.9. The highest BCUT2D eigenvalue weighted by molar-refractivity contribution is 6.04. The van der Waals surface area contributed by atoms with Crippen LogP contribution in [0.1, 0.15) is 65.7 Å². The molecule has 0 fully saturated rings. The van der Waals surface area contributed by atoms with E-state index in [1.807, 2.05) is 88.4 Å². The molecule has 0 aliphatic carbocycles. The molecule has 0 spiro atoms. The van der Waals surface area contributed by atoms with E-state index in [1.54, 1.807) is 12.2 Å². The van der Waals surface area contributed by atoms with Crippen LogP contribution in [0.5, 0.6) is 0 Å². The number of aromatic amines is 2. The van der Waals surface area contributed by atoms with Gasteiger partial charge in [-0.3, -0.25) is 4.79 Å². The predicted octanol–water partition coefficient (Wildman–Crippen LogP) is 6.59. The van der Waals surface area contributed by atoms with Crippen LogP contribution < -0.4 is 0 Å². The number of nitrogens with one attached hydrogen (secondary N) is 2. The van der Waals surface area contributed by atoms with Gasteiger partial charge in [-0.1, -0.05) is 60.7 Å². The Labute approximate surface area is 233 Å². The molecule has 2 aromatic heterocycles. The SMILES string of the molecule is Cc1c(C=CC(=O)C=Cc2[nH]c(C(=O)OCc3ccccc3)c(C)c2C)[nH]c(C(=O)OCc2ccccc2)c1C. The number of ether oxygens (including phenoxy) is 2. The first-order valence-corrected chi connectivity index (χ1v) is 12.9. The van der Waals surface area contributed by atoms with E-state index < -0.39 is 11.9 Å². The standard InChI is InChI=1S/C33H32N2O5/c1-21-23(3)30(32(37)39-19-25-11-7-5-8-12-25)34-28(21)17-15-27(36)16-18-29-22(2)24(4)31(35-29)33(38)40-20-26-13-9-6-10-14-26/h5-18,34-35H,19-20H2,1-4H3. The summed E-state index contributed by atoms with van der Waals surface area (Å²) in [6.07, 6.45) is 6.13. The molecule has 0 atom stereocenters. The maximum Gasteiger partial charge on any atom is 0.355 e. The molecule has 0 saturated heterocycles. The number of H-pyrrole nitrogens is 2. The average molecular weight is 537 g/mol. The fourth-order valence-corrected chi connectivity index (χ4v) is 4.14. The second-order valence-electron chi connectivity index (χ2n) is 9.52. The molecule has 0 aliphatic heterocycles. The first-order valence-electron chi connectivity index (χ1n) is 12.9. The number of allylic oxidation sites excluding steroid dienone is 2. The summed E-state index contributed by atoms with van der Waals surface area (Å²) in [5, 5.41) is 0. The van der Waals surface area contributed by atoms with Crippen molar-refractivity contribution in [3.63, 3.8) is 0 Å². The zero-order valence-corrected chi connectivity index (χ0v) is 23.0. The highest BCUT2D eigenvalue weighted by Gasteiger charge is 2.18. The molecule has 2 heterocycles. The number of carbonyl (C=O) groups excluding carboxylic acids is 3. The lowest BCUT2D eigenvalue weighted by Gasteiger charge is -2.04. The van der Waals surface area contributed by atoms with E-state index in [1.165, 1.54) is 12.2 Å². The van der Waals surface area contributed by atoms with Crippen LogP contribution >= 0.6 is 0 Å². The van der Waals surface area contributed by atoms with E-state index in [4.69, 9.17) is 9.47 Å². The summed E-state index contributed by atoms with van der Waals surface area (Å²) < 4.78 is 10.9. The van der Waals surface area contributed by atoms with Crippen molar-refractivity contribution in [3.05, 3.63) is 129 Å². The molecule has 0 radical (unpaired) electrons. The van der Waals surface area contributed by atoms with Crippen LogP contribution in [0.15, 0.2) is 72.8 Å². The first kappa shape index (κ1) is 28.1. The van der Waals surface area contributed by atoms with Crippen molar-refractivity contribution >= 4 is 29.9 Å². The van der Waals surface area contributed by atoms with Crippen molar-refractivity contribution in [2.24, 2.45) is 0 Å². The summed E-state index contributed by atoms with van der Waals surface area (Å²) in [5.74, 6) is -1.16. The monoisotopic (exact) mass is 536 g/mol. The summed E-state index contributed by atoms with van der Waals surface area (Å²) in [4.78, 5) is 44.0. The molecule has 0 saturated carbocycles. The van der Waals surface area contributed by atoms with Gasteiger partial charge in [0.1, 0.15) is 24.6 Å². The molecular formula is C33H32N2O5. The van der Waals surface area contributed by atoms with Gasteiger partial charge in [-0.15, -0.1) is 0 Å². The van der Waals surface area contributed by atoms with Crippen LogP contribution in [0.25, 0.3) is 12.2 Å². The van der Waals surface area contributed by atoms with Gasteiger partial charge in [-0.2, -0.15) is 0 Å². The van der Waals surface area contributed by atoms with Gasteiger partial charge in [0.15, 0.2) is 5.78 Å². The molecule has 0 unspecified atom stereocenters. The summed E-state index contributed by atoms with van der Waals surface area (Å²) >= 11 is 0. The minimum Gasteiger partial charge on any atom is -0.456 e. The van der Waals surface area contributed by atoms with Crippen LogP contribution in [0, 0.1) is 27.7 Å². The van der Waals surface area contributed by atoms with Gasteiger partial charge in [-0.25, -0.2) is 9.59 Å². The van der Waals surface area contributed by atoms with Crippen molar-refractivity contribution in [1.82, 2.24) is 9.97 Å². The minimum atomic E-state index is -0.453. The summed E-state index contributed by atoms with van der Waals surface area (Å²) in [7, 11) is 0. The number of esters is 2. The second kappa shape index (κ2) is 12.8. The van der Waals surface area contributed by atoms with Crippen LogP contribution in [0.4, 0.5) is 0 Å². The molecular weight excluding hydrogens is 504 g/mol. The van der Waals surface area contributed by atoms with Gasteiger partial charge in [-0.05, 0) is 85.4 Å². The lowest BCUT2D eigenvalue weighted by atomic mass is 10.1. The molecule has 4 rings (SSSR count). The van der Waals surface area contributed by atoms with E-state index in [9.17, 15) is 14.4 Å². The lowest BCUT2D eigenvalue weighted by Crippen LogP contribution is -2.07. The van der Waals surface area contributed by atoms with E-state index in [2.05, 4.69) is 9.97 Å². The Kier molecular flexibility index (Phi) is 8.96. The molecule has 4 aromatic rings. The molecule has 7 heteroatoms. The van der Waals surface area contributed by atoms with Gasteiger partial charge in [0, 0.05) is 11.4 Å². The minimum absolute atomic E-state index is 0.176. The van der Waals surface area contributed by atoms with E-state index in [0.717, 1.165) is 33.4 Å². The lowest BCUT2D eigenvalue weighted by molar-refractivity contribution is -0.110. The number of benzene rings is 2. The van der Waals surface area contributed by atoms with Crippen molar-refractivity contribution in [3.8, 4) is 0 Å². The Balaban J connectivity index is 1.38. The van der Waals surface area contributed by atoms with E-state index >= 15 is 0 Å². The molecule has 204 valence electrons. The number of hydrogen-bond donors (Lipinski definition) is 2. The van der Waals surface area contributed by atoms with E-state index in [-0.39, 0.29) is 19.0 Å². The van der Waals surface area contributed by atoms with Crippen molar-refractivity contribution in [2.75, 3.05) is 0 Å². The van der Waals surface area contributed by atoms with Gasteiger partial charge in [0.2, 0.25) is 0 Å². The highest BCUT2D eigenvalue weighted by atomic mass is 16.5. The number of hydrogen-bond acceptors (Lipinski definition) is 5. The first-order chi connectivity index (χ1) is 19.2. The zero-order chi connectivity index (χ0) is 28.6. The Morgan fingerprint density at radius 1 is 0.600 bits per heavy atom. The molecule has 2 N–H and O–H groups in total. The van der Waals surface area contributed by atoms with Gasteiger partial charge >= 0.3 is 11.9 Å². The van der Waals surface area contributed by atoms with Gasteiger partial charge < -0.3 is 19.4 Å². The smallest absolute Gasteiger partial charge is 0.355 e. The predicted molar refractivity (Wildman–Crippen MR) is 155 cm³/mol. The number of rotatable bonds is 10. The van der Waals surface area contributed by atoms with Crippen molar-refractivity contribution in [1.29, 1.82) is 0 Å². The Bertz CT molecular complexity index is 1460. The third kappa shape index (κ3) is 6.74. The van der Waals surface area contributed by atoms with Crippen LogP contribution in [0.2, 0.25) is 0 Å².